The smallest absolute Gasteiger partial charge is 0.253 e. The summed E-state index contributed by atoms with van der Waals surface area (Å²) in [7, 11) is 1.65. The van der Waals surface area contributed by atoms with E-state index < -0.39 is 0 Å². The minimum Gasteiger partial charge on any atom is -0.497 e. The van der Waals surface area contributed by atoms with Crippen LogP contribution in [-0.2, 0) is 4.79 Å². The van der Waals surface area contributed by atoms with Gasteiger partial charge in [0, 0.05) is 12.6 Å². The topological polar surface area (TPSA) is 72.1 Å². The number of nitrogens with zero attached hydrogens (tertiary/aromatic N) is 5. The highest BCUT2D eigenvalue weighted by molar-refractivity contribution is 7.99. The highest BCUT2D eigenvalue weighted by Gasteiger charge is 2.33. The van der Waals surface area contributed by atoms with E-state index in [1.807, 2.05) is 65.2 Å². The van der Waals surface area contributed by atoms with Crippen LogP contribution in [0.15, 0.2) is 101 Å². The predicted molar refractivity (Wildman–Crippen MR) is 141 cm³/mol. The SMILES string of the molecule is COc1ccc(C2CC(c3ccc4ccccc4c3)=NN2C(=O)CSc2nnc3ccccn23)cc1. The number of carbonyl (C=O) groups excluding carboxylic acids is 1. The molecule has 1 aliphatic heterocycles. The third kappa shape index (κ3) is 4.20. The molecule has 6 rings (SSSR count). The molecule has 0 radical (unpaired) electrons. The van der Waals surface area contributed by atoms with E-state index in [-0.39, 0.29) is 17.7 Å². The van der Waals surface area contributed by atoms with E-state index in [1.54, 1.807) is 12.1 Å². The predicted octanol–water partition coefficient (Wildman–Crippen LogP) is 5.36. The standard InChI is InChI=1S/C28H23N5O2S/c1-35-23-13-11-20(12-14-23)25-17-24(22-10-9-19-6-2-3-7-21(19)16-22)31-33(25)27(34)18-36-28-30-29-26-8-4-5-15-32(26)28/h2-16,25H,17-18H2,1H3. The van der Waals surface area contributed by atoms with Gasteiger partial charge < -0.3 is 4.74 Å². The van der Waals surface area contributed by atoms with Crippen LogP contribution < -0.4 is 4.74 Å². The fourth-order valence-corrected chi connectivity index (χ4v) is 5.26. The number of hydrogen-bond donors (Lipinski definition) is 0. The lowest BCUT2D eigenvalue weighted by molar-refractivity contribution is -0.130. The van der Waals surface area contributed by atoms with Gasteiger partial charge in [0.1, 0.15) is 5.75 Å². The second kappa shape index (κ2) is 9.47. The number of methoxy groups -OCH3 is 1. The number of ether oxygens (including phenoxy) is 1. The van der Waals surface area contributed by atoms with Crippen LogP contribution in [0.2, 0.25) is 0 Å². The molecule has 0 N–H and O–H groups in total. The van der Waals surface area contributed by atoms with Gasteiger partial charge in [-0.25, -0.2) is 5.01 Å². The van der Waals surface area contributed by atoms with Crippen molar-refractivity contribution in [3.63, 3.8) is 0 Å². The van der Waals surface area contributed by atoms with Crippen molar-refractivity contribution >= 4 is 39.8 Å². The normalized spacial score (nSPS) is 15.4. The summed E-state index contributed by atoms with van der Waals surface area (Å²) in [5.41, 5.74) is 3.69. The van der Waals surface area contributed by atoms with Gasteiger partial charge in [-0.05, 0) is 52.2 Å². The first kappa shape index (κ1) is 22.3. The molecule has 5 aromatic rings. The molecule has 0 saturated heterocycles. The molecular weight excluding hydrogens is 470 g/mol. The summed E-state index contributed by atoms with van der Waals surface area (Å²) in [4.78, 5) is 13.5. The fraction of sp³-hybridized carbons (Fsp3) is 0.143. The first-order valence-electron chi connectivity index (χ1n) is 11.6. The van der Waals surface area contributed by atoms with Gasteiger partial charge in [0.2, 0.25) is 0 Å². The molecule has 0 spiro atoms. The van der Waals surface area contributed by atoms with E-state index in [0.29, 0.717) is 11.6 Å². The van der Waals surface area contributed by atoms with Gasteiger partial charge >= 0.3 is 0 Å². The van der Waals surface area contributed by atoms with Crippen LogP contribution in [0, 0.1) is 0 Å². The average molecular weight is 494 g/mol. The van der Waals surface area contributed by atoms with Crippen molar-refractivity contribution in [2.24, 2.45) is 5.10 Å². The van der Waals surface area contributed by atoms with Gasteiger partial charge in [-0.3, -0.25) is 9.20 Å². The number of rotatable bonds is 6. The lowest BCUT2D eigenvalue weighted by Gasteiger charge is -2.22. The summed E-state index contributed by atoms with van der Waals surface area (Å²) in [6.45, 7) is 0. The maximum absolute atomic E-state index is 13.5. The van der Waals surface area contributed by atoms with Crippen LogP contribution in [0.5, 0.6) is 5.75 Å². The summed E-state index contributed by atoms with van der Waals surface area (Å²) in [6, 6.07) is 28.0. The number of fused-ring (bicyclic) bond motifs is 2. The Bertz CT molecular complexity index is 1600. The van der Waals surface area contributed by atoms with Gasteiger partial charge in [0.15, 0.2) is 10.8 Å². The summed E-state index contributed by atoms with van der Waals surface area (Å²) in [5, 5.41) is 17.9. The molecule has 3 aromatic carbocycles. The van der Waals surface area contributed by atoms with Crippen molar-refractivity contribution in [1.29, 1.82) is 0 Å². The van der Waals surface area contributed by atoms with Crippen LogP contribution in [0.3, 0.4) is 0 Å². The molecule has 3 heterocycles. The first-order valence-corrected chi connectivity index (χ1v) is 12.6. The number of hydrogen-bond acceptors (Lipinski definition) is 6. The monoisotopic (exact) mass is 493 g/mol. The molecule has 178 valence electrons. The van der Waals surface area contributed by atoms with E-state index >= 15 is 0 Å². The minimum absolute atomic E-state index is 0.0794. The number of thioether (sulfide) groups is 1. The molecule has 8 heteroatoms. The van der Waals surface area contributed by atoms with Crippen molar-refractivity contribution in [2.45, 2.75) is 17.6 Å². The minimum atomic E-state index is -0.194. The maximum Gasteiger partial charge on any atom is 0.253 e. The molecule has 0 bridgehead atoms. The third-order valence-electron chi connectivity index (χ3n) is 6.36. The van der Waals surface area contributed by atoms with Gasteiger partial charge in [0.25, 0.3) is 5.91 Å². The lowest BCUT2D eigenvalue weighted by atomic mass is 9.97. The Morgan fingerprint density at radius 2 is 1.78 bits per heavy atom. The molecule has 7 nitrogen and oxygen atoms in total. The summed E-state index contributed by atoms with van der Waals surface area (Å²) < 4.78 is 7.21. The highest BCUT2D eigenvalue weighted by atomic mass is 32.2. The molecule has 1 unspecified atom stereocenters. The third-order valence-corrected chi connectivity index (χ3v) is 7.28. The van der Waals surface area contributed by atoms with E-state index in [2.05, 4.69) is 40.5 Å². The Labute approximate surface area is 212 Å². The zero-order chi connectivity index (χ0) is 24.5. The quantitative estimate of drug-likeness (QED) is 0.298. The molecule has 36 heavy (non-hydrogen) atoms. The Morgan fingerprint density at radius 3 is 2.61 bits per heavy atom. The number of aromatic nitrogens is 3. The average Bonchev–Trinajstić information content (AvgIpc) is 3.57. The molecule has 0 aliphatic carbocycles. The second-order valence-corrected chi connectivity index (χ2v) is 9.48. The summed E-state index contributed by atoms with van der Waals surface area (Å²) in [6.07, 6.45) is 2.53. The summed E-state index contributed by atoms with van der Waals surface area (Å²) in [5.74, 6) is 0.903. The summed E-state index contributed by atoms with van der Waals surface area (Å²) >= 11 is 1.36. The molecule has 1 atom stereocenters. The van der Waals surface area contributed by atoms with E-state index in [1.165, 1.54) is 17.1 Å². The number of amides is 1. The van der Waals surface area contributed by atoms with E-state index in [4.69, 9.17) is 9.84 Å². The van der Waals surface area contributed by atoms with Gasteiger partial charge in [0.05, 0.1) is 24.6 Å². The lowest BCUT2D eigenvalue weighted by Crippen LogP contribution is -2.28. The van der Waals surface area contributed by atoms with Crippen molar-refractivity contribution in [3.05, 3.63) is 102 Å². The van der Waals surface area contributed by atoms with E-state index in [9.17, 15) is 4.79 Å². The maximum atomic E-state index is 13.5. The van der Waals surface area contributed by atoms with Crippen molar-refractivity contribution in [2.75, 3.05) is 12.9 Å². The fourth-order valence-electron chi connectivity index (χ4n) is 4.48. The Kier molecular flexibility index (Phi) is 5.87. The van der Waals surface area contributed by atoms with Crippen molar-refractivity contribution in [3.8, 4) is 5.75 Å². The van der Waals surface area contributed by atoms with Gasteiger partial charge in [-0.1, -0.05) is 66.4 Å². The highest BCUT2D eigenvalue weighted by Crippen LogP contribution is 2.35. The molecule has 2 aromatic heterocycles. The van der Waals surface area contributed by atoms with Gasteiger partial charge in [-0.15, -0.1) is 10.2 Å². The van der Waals surface area contributed by atoms with Crippen LogP contribution in [0.4, 0.5) is 0 Å². The van der Waals surface area contributed by atoms with Crippen LogP contribution >= 0.6 is 11.8 Å². The molecule has 1 amide bonds. The zero-order valence-corrected chi connectivity index (χ0v) is 20.4. The van der Waals surface area contributed by atoms with Crippen LogP contribution in [0.25, 0.3) is 16.4 Å². The number of pyridine rings is 1. The van der Waals surface area contributed by atoms with Crippen molar-refractivity contribution < 1.29 is 9.53 Å². The largest absolute Gasteiger partial charge is 0.497 e. The Hall–Kier alpha value is -4.17. The van der Waals surface area contributed by atoms with Crippen LogP contribution in [-0.4, -0.2) is 44.1 Å². The second-order valence-electron chi connectivity index (χ2n) is 8.54. The molecular formula is C28H23N5O2S. The van der Waals surface area contributed by atoms with Crippen LogP contribution in [0.1, 0.15) is 23.6 Å². The number of hydrazone groups is 1. The van der Waals surface area contributed by atoms with Crippen molar-refractivity contribution in [1.82, 2.24) is 19.6 Å². The molecule has 0 saturated carbocycles. The molecule has 1 aliphatic rings. The number of benzene rings is 3. The first-order chi connectivity index (χ1) is 17.7. The van der Waals surface area contributed by atoms with Gasteiger partial charge in [-0.2, -0.15) is 5.10 Å². The Morgan fingerprint density at radius 1 is 0.972 bits per heavy atom. The van der Waals surface area contributed by atoms with E-state index in [0.717, 1.165) is 33.6 Å². The Balaban J connectivity index is 1.30. The number of carbonyl (C=O) groups is 1. The zero-order valence-electron chi connectivity index (χ0n) is 19.6. The molecule has 0 fully saturated rings.